The standard InChI is InChI=1S/C23H32N4O3/c1-16-8-11-18(12-9-16)27-23(24-2)26-15-17-10-13-21(25-14-17)30-22-19(28-3)6-5-7-20(22)29-4/h5-7,10,13-14,16,18H,8-9,11-12,15H2,1-4H3,(H2,24,26,27). The van der Waals surface area contributed by atoms with E-state index in [0.717, 1.165) is 17.4 Å². The van der Waals surface area contributed by atoms with Crippen LogP contribution in [-0.2, 0) is 6.54 Å². The fourth-order valence-electron chi connectivity index (χ4n) is 3.58. The molecule has 1 aromatic heterocycles. The van der Waals surface area contributed by atoms with Gasteiger partial charge in [0.05, 0.1) is 14.2 Å². The summed E-state index contributed by atoms with van der Waals surface area (Å²) in [7, 11) is 4.99. The summed E-state index contributed by atoms with van der Waals surface area (Å²) in [6, 6.07) is 9.80. The van der Waals surface area contributed by atoms with Crippen LogP contribution in [0.4, 0.5) is 0 Å². The van der Waals surface area contributed by atoms with Crippen LogP contribution in [0, 0.1) is 5.92 Å². The molecule has 1 heterocycles. The number of nitrogens with one attached hydrogen (secondary N) is 2. The second-order valence-electron chi connectivity index (χ2n) is 7.63. The third kappa shape index (κ3) is 5.78. The highest BCUT2D eigenvalue weighted by molar-refractivity contribution is 5.79. The van der Waals surface area contributed by atoms with Crippen LogP contribution < -0.4 is 24.8 Å². The molecule has 0 bridgehead atoms. The zero-order valence-electron chi connectivity index (χ0n) is 18.3. The number of benzene rings is 1. The number of methoxy groups -OCH3 is 2. The predicted molar refractivity (Wildman–Crippen MR) is 119 cm³/mol. The maximum atomic E-state index is 5.92. The molecule has 0 spiro atoms. The first-order valence-electron chi connectivity index (χ1n) is 10.4. The van der Waals surface area contributed by atoms with E-state index in [1.165, 1.54) is 25.7 Å². The molecule has 3 rings (SSSR count). The van der Waals surface area contributed by atoms with Gasteiger partial charge in [-0.3, -0.25) is 4.99 Å². The molecule has 2 N–H and O–H groups in total. The summed E-state index contributed by atoms with van der Waals surface area (Å²) >= 11 is 0. The van der Waals surface area contributed by atoms with E-state index in [4.69, 9.17) is 14.2 Å². The van der Waals surface area contributed by atoms with E-state index in [1.54, 1.807) is 27.5 Å². The smallest absolute Gasteiger partial charge is 0.219 e. The number of hydrogen-bond acceptors (Lipinski definition) is 5. The van der Waals surface area contributed by atoms with Crippen molar-refractivity contribution in [2.75, 3.05) is 21.3 Å². The van der Waals surface area contributed by atoms with Crippen LogP contribution in [0.1, 0.15) is 38.2 Å². The first-order valence-corrected chi connectivity index (χ1v) is 10.4. The summed E-state index contributed by atoms with van der Waals surface area (Å²) in [5, 5.41) is 6.90. The topological polar surface area (TPSA) is 77.0 Å². The Morgan fingerprint density at radius 2 is 1.77 bits per heavy atom. The fraction of sp³-hybridized carbons (Fsp3) is 0.478. The van der Waals surface area contributed by atoms with Crippen molar-refractivity contribution in [2.24, 2.45) is 10.9 Å². The van der Waals surface area contributed by atoms with Gasteiger partial charge in [-0.1, -0.05) is 19.1 Å². The van der Waals surface area contributed by atoms with E-state index in [2.05, 4.69) is 27.5 Å². The lowest BCUT2D eigenvalue weighted by Gasteiger charge is -2.28. The van der Waals surface area contributed by atoms with Gasteiger partial charge in [-0.05, 0) is 49.3 Å². The molecule has 1 aromatic carbocycles. The Morgan fingerprint density at radius 1 is 1.07 bits per heavy atom. The molecule has 0 saturated heterocycles. The molecular weight excluding hydrogens is 380 g/mol. The van der Waals surface area contributed by atoms with Crippen LogP contribution in [0.5, 0.6) is 23.1 Å². The van der Waals surface area contributed by atoms with Crippen molar-refractivity contribution in [3.8, 4) is 23.1 Å². The Hall–Kier alpha value is -2.96. The summed E-state index contributed by atoms with van der Waals surface area (Å²) in [5.74, 6) is 3.82. The third-order valence-corrected chi connectivity index (χ3v) is 5.43. The average Bonchev–Trinajstić information content (AvgIpc) is 2.79. The minimum Gasteiger partial charge on any atom is -0.493 e. The number of aromatic nitrogens is 1. The van der Waals surface area contributed by atoms with Crippen LogP contribution >= 0.6 is 0 Å². The fourth-order valence-corrected chi connectivity index (χ4v) is 3.58. The maximum Gasteiger partial charge on any atom is 0.219 e. The Balaban J connectivity index is 1.56. The number of rotatable bonds is 7. The summed E-state index contributed by atoms with van der Waals surface area (Å²) in [6.45, 7) is 2.96. The minimum absolute atomic E-state index is 0.473. The molecule has 1 fully saturated rings. The van der Waals surface area contributed by atoms with Crippen LogP contribution in [0.3, 0.4) is 0 Å². The lowest BCUT2D eigenvalue weighted by atomic mass is 9.87. The van der Waals surface area contributed by atoms with Crippen molar-refractivity contribution >= 4 is 5.96 Å². The normalized spacial score (nSPS) is 19.1. The Morgan fingerprint density at radius 3 is 2.33 bits per heavy atom. The van der Waals surface area contributed by atoms with E-state index in [9.17, 15) is 0 Å². The molecule has 0 radical (unpaired) electrons. The predicted octanol–water partition coefficient (Wildman–Crippen LogP) is 4.13. The average molecular weight is 413 g/mol. The molecule has 2 aromatic rings. The van der Waals surface area contributed by atoms with Gasteiger partial charge in [-0.15, -0.1) is 0 Å². The van der Waals surface area contributed by atoms with Gasteiger partial charge in [0.15, 0.2) is 17.5 Å². The number of para-hydroxylation sites is 1. The number of guanidine groups is 1. The highest BCUT2D eigenvalue weighted by Crippen LogP contribution is 2.39. The summed E-state index contributed by atoms with van der Waals surface area (Å²) < 4.78 is 16.6. The highest BCUT2D eigenvalue weighted by Gasteiger charge is 2.19. The summed E-state index contributed by atoms with van der Waals surface area (Å²) in [5.41, 5.74) is 1.04. The second-order valence-corrected chi connectivity index (χ2v) is 7.63. The Labute approximate surface area is 178 Å². The number of aliphatic imine (C=N–C) groups is 1. The molecule has 0 atom stereocenters. The SMILES string of the molecule is CN=C(NCc1ccc(Oc2c(OC)cccc2OC)nc1)NC1CCC(C)CC1. The van der Waals surface area contributed by atoms with Crippen LogP contribution in [0.2, 0.25) is 0 Å². The second kappa shape index (κ2) is 10.7. The van der Waals surface area contributed by atoms with Crippen LogP contribution in [-0.4, -0.2) is 38.3 Å². The zero-order chi connectivity index (χ0) is 21.3. The lowest BCUT2D eigenvalue weighted by molar-refractivity contribution is 0.329. The lowest BCUT2D eigenvalue weighted by Crippen LogP contribution is -2.44. The van der Waals surface area contributed by atoms with Crippen LogP contribution in [0.15, 0.2) is 41.5 Å². The molecule has 30 heavy (non-hydrogen) atoms. The number of hydrogen-bond donors (Lipinski definition) is 2. The minimum atomic E-state index is 0.473. The third-order valence-electron chi connectivity index (χ3n) is 5.43. The molecule has 1 aliphatic rings. The van der Waals surface area contributed by atoms with Gasteiger partial charge < -0.3 is 24.8 Å². The number of pyridine rings is 1. The van der Waals surface area contributed by atoms with E-state index < -0.39 is 0 Å². The molecule has 1 aliphatic carbocycles. The quantitative estimate of drug-likeness (QED) is 0.526. The van der Waals surface area contributed by atoms with Crippen molar-refractivity contribution in [1.29, 1.82) is 0 Å². The van der Waals surface area contributed by atoms with E-state index in [-0.39, 0.29) is 0 Å². The van der Waals surface area contributed by atoms with Gasteiger partial charge in [0.2, 0.25) is 11.6 Å². The highest BCUT2D eigenvalue weighted by atomic mass is 16.5. The Kier molecular flexibility index (Phi) is 7.76. The molecule has 0 unspecified atom stereocenters. The molecule has 7 nitrogen and oxygen atoms in total. The van der Waals surface area contributed by atoms with Crippen molar-refractivity contribution in [3.05, 3.63) is 42.1 Å². The first kappa shape index (κ1) is 21.7. The summed E-state index contributed by atoms with van der Waals surface area (Å²) in [6.07, 6.45) is 6.73. The van der Waals surface area contributed by atoms with Crippen molar-refractivity contribution < 1.29 is 14.2 Å². The first-order chi connectivity index (χ1) is 14.6. The maximum absolute atomic E-state index is 5.92. The van der Waals surface area contributed by atoms with Gasteiger partial charge in [0.25, 0.3) is 0 Å². The van der Waals surface area contributed by atoms with Crippen molar-refractivity contribution in [3.63, 3.8) is 0 Å². The number of nitrogens with zero attached hydrogens (tertiary/aromatic N) is 2. The van der Waals surface area contributed by atoms with Crippen LogP contribution in [0.25, 0.3) is 0 Å². The van der Waals surface area contributed by atoms with E-state index >= 15 is 0 Å². The van der Waals surface area contributed by atoms with Gasteiger partial charge >= 0.3 is 0 Å². The van der Waals surface area contributed by atoms with Gasteiger partial charge in [-0.2, -0.15) is 0 Å². The molecular formula is C23H32N4O3. The molecule has 7 heteroatoms. The monoisotopic (exact) mass is 412 g/mol. The molecule has 0 amide bonds. The van der Waals surface area contributed by atoms with Crippen molar-refractivity contribution in [2.45, 2.75) is 45.2 Å². The van der Waals surface area contributed by atoms with E-state index in [1.807, 2.05) is 30.3 Å². The number of ether oxygens (including phenoxy) is 3. The van der Waals surface area contributed by atoms with Gasteiger partial charge in [0.1, 0.15) is 0 Å². The molecule has 1 saturated carbocycles. The molecule has 162 valence electrons. The largest absolute Gasteiger partial charge is 0.493 e. The summed E-state index contributed by atoms with van der Waals surface area (Å²) in [4.78, 5) is 8.77. The van der Waals surface area contributed by atoms with Crippen molar-refractivity contribution in [1.82, 2.24) is 15.6 Å². The zero-order valence-corrected chi connectivity index (χ0v) is 18.3. The van der Waals surface area contributed by atoms with Gasteiger partial charge in [-0.25, -0.2) is 4.98 Å². The Bertz CT molecular complexity index is 809. The van der Waals surface area contributed by atoms with Gasteiger partial charge in [0, 0.05) is 31.9 Å². The molecule has 0 aliphatic heterocycles. The van der Waals surface area contributed by atoms with E-state index in [0.29, 0.717) is 35.7 Å².